The number of rotatable bonds is 7. The fourth-order valence-corrected chi connectivity index (χ4v) is 2.30. The molecule has 0 radical (unpaired) electrons. The molecule has 0 aromatic heterocycles. The van der Waals surface area contributed by atoms with Crippen LogP contribution in [0.3, 0.4) is 0 Å². The van der Waals surface area contributed by atoms with Crippen LogP contribution in [0.1, 0.15) is 12.5 Å². The van der Waals surface area contributed by atoms with Crippen LogP contribution in [0.15, 0.2) is 30.3 Å². The summed E-state index contributed by atoms with van der Waals surface area (Å²) in [4.78, 5) is 20.4. The SMILES string of the molecule is CCOc1cc(CO)cc(Cl)c1Oc1ccc([N+](=O)[O-])cc1[N+](=O)[O-]. The molecule has 0 saturated carbocycles. The second kappa shape index (κ2) is 7.77. The van der Waals surface area contributed by atoms with Gasteiger partial charge in [-0.1, -0.05) is 11.6 Å². The Balaban J connectivity index is 2.52. The first-order valence-corrected chi connectivity index (χ1v) is 7.42. The lowest BCUT2D eigenvalue weighted by molar-refractivity contribution is -0.394. The molecule has 9 nitrogen and oxygen atoms in total. The maximum absolute atomic E-state index is 11.2. The minimum absolute atomic E-state index is 0.0117. The summed E-state index contributed by atoms with van der Waals surface area (Å²) in [6.07, 6.45) is 0. The summed E-state index contributed by atoms with van der Waals surface area (Å²) < 4.78 is 10.9. The molecule has 0 amide bonds. The largest absolute Gasteiger partial charge is 0.490 e. The van der Waals surface area contributed by atoms with Gasteiger partial charge in [-0.3, -0.25) is 20.2 Å². The zero-order valence-corrected chi connectivity index (χ0v) is 13.7. The van der Waals surface area contributed by atoms with Gasteiger partial charge in [-0.05, 0) is 30.7 Å². The summed E-state index contributed by atoms with van der Waals surface area (Å²) in [5.41, 5.74) is -0.552. The van der Waals surface area contributed by atoms with Crippen molar-refractivity contribution in [2.45, 2.75) is 13.5 Å². The highest BCUT2D eigenvalue weighted by atomic mass is 35.5. The van der Waals surface area contributed by atoms with Gasteiger partial charge in [0.1, 0.15) is 0 Å². The summed E-state index contributed by atoms with van der Waals surface area (Å²) in [5, 5.41) is 31.3. The van der Waals surface area contributed by atoms with Gasteiger partial charge < -0.3 is 14.6 Å². The normalized spacial score (nSPS) is 10.4. The predicted molar refractivity (Wildman–Crippen MR) is 88.4 cm³/mol. The summed E-state index contributed by atoms with van der Waals surface area (Å²) in [7, 11) is 0. The first-order valence-electron chi connectivity index (χ1n) is 7.04. The molecule has 2 aromatic rings. The number of non-ortho nitro benzene ring substituents is 1. The monoisotopic (exact) mass is 368 g/mol. The van der Waals surface area contributed by atoms with E-state index in [0.717, 1.165) is 18.2 Å². The van der Waals surface area contributed by atoms with Gasteiger partial charge >= 0.3 is 5.69 Å². The number of aliphatic hydroxyl groups is 1. The van der Waals surface area contributed by atoms with Crippen LogP contribution >= 0.6 is 11.6 Å². The molecule has 0 saturated heterocycles. The Bertz CT molecular complexity index is 826. The van der Waals surface area contributed by atoms with Crippen LogP contribution in [-0.2, 0) is 6.61 Å². The average Bonchev–Trinajstić information content (AvgIpc) is 2.57. The van der Waals surface area contributed by atoms with Crippen molar-refractivity contribution >= 4 is 23.0 Å². The van der Waals surface area contributed by atoms with Crippen molar-refractivity contribution in [3.05, 3.63) is 61.1 Å². The molecule has 0 aliphatic rings. The smallest absolute Gasteiger partial charge is 0.318 e. The van der Waals surface area contributed by atoms with Gasteiger partial charge in [0.25, 0.3) is 5.69 Å². The lowest BCUT2D eigenvalue weighted by Gasteiger charge is -2.14. The molecule has 0 spiro atoms. The van der Waals surface area contributed by atoms with E-state index < -0.39 is 21.2 Å². The van der Waals surface area contributed by atoms with Crippen molar-refractivity contribution < 1.29 is 24.4 Å². The molecule has 0 aliphatic carbocycles. The number of hydrogen-bond acceptors (Lipinski definition) is 7. The second-order valence-corrected chi connectivity index (χ2v) is 5.17. The molecule has 2 aromatic carbocycles. The Kier molecular flexibility index (Phi) is 5.73. The van der Waals surface area contributed by atoms with Crippen molar-refractivity contribution in [2.24, 2.45) is 0 Å². The van der Waals surface area contributed by atoms with Gasteiger partial charge in [0.05, 0.1) is 34.1 Å². The third-order valence-electron chi connectivity index (χ3n) is 3.11. The molecule has 0 bridgehead atoms. The molecule has 2 rings (SSSR count). The maximum atomic E-state index is 11.2. The lowest BCUT2D eigenvalue weighted by atomic mass is 10.2. The van der Waals surface area contributed by atoms with E-state index in [2.05, 4.69) is 0 Å². The lowest BCUT2D eigenvalue weighted by Crippen LogP contribution is -2.00. The van der Waals surface area contributed by atoms with E-state index in [1.807, 2.05) is 0 Å². The number of nitrogens with zero attached hydrogens (tertiary/aromatic N) is 2. The fourth-order valence-electron chi connectivity index (χ4n) is 2.03. The third-order valence-corrected chi connectivity index (χ3v) is 3.39. The van der Waals surface area contributed by atoms with Gasteiger partial charge in [0, 0.05) is 6.07 Å². The van der Waals surface area contributed by atoms with Gasteiger partial charge in [-0.2, -0.15) is 0 Å². The van der Waals surface area contributed by atoms with Crippen molar-refractivity contribution in [2.75, 3.05) is 6.61 Å². The molecule has 0 unspecified atom stereocenters. The summed E-state index contributed by atoms with van der Waals surface area (Å²) in [6.45, 7) is 1.71. The number of aliphatic hydroxyl groups excluding tert-OH is 1. The zero-order valence-electron chi connectivity index (χ0n) is 13.0. The number of ether oxygens (including phenoxy) is 2. The van der Waals surface area contributed by atoms with Crippen molar-refractivity contribution in [1.82, 2.24) is 0 Å². The summed E-state index contributed by atoms with van der Waals surface area (Å²) >= 11 is 6.12. The van der Waals surface area contributed by atoms with Crippen molar-refractivity contribution in [1.29, 1.82) is 0 Å². The van der Waals surface area contributed by atoms with E-state index in [4.69, 9.17) is 21.1 Å². The molecule has 0 aliphatic heterocycles. The van der Waals surface area contributed by atoms with Crippen LogP contribution in [0.2, 0.25) is 5.02 Å². The molecular weight excluding hydrogens is 356 g/mol. The van der Waals surface area contributed by atoms with E-state index in [0.29, 0.717) is 5.56 Å². The van der Waals surface area contributed by atoms with Gasteiger partial charge in [0.15, 0.2) is 11.5 Å². The second-order valence-electron chi connectivity index (χ2n) is 4.76. The number of halogens is 1. The molecule has 0 atom stereocenters. The standard InChI is InChI=1S/C15H13ClN2O7/c1-2-24-14-6-9(8-19)5-11(16)15(14)25-13-4-3-10(17(20)21)7-12(13)18(22)23/h3-7,19H,2,8H2,1H3. The Morgan fingerprint density at radius 2 is 1.84 bits per heavy atom. The minimum Gasteiger partial charge on any atom is -0.490 e. The van der Waals surface area contributed by atoms with Gasteiger partial charge in [0.2, 0.25) is 5.75 Å². The zero-order chi connectivity index (χ0) is 18.6. The van der Waals surface area contributed by atoms with Crippen LogP contribution < -0.4 is 9.47 Å². The highest BCUT2D eigenvalue weighted by Gasteiger charge is 2.23. The average molecular weight is 369 g/mol. The molecule has 1 N–H and O–H groups in total. The van der Waals surface area contributed by atoms with Crippen LogP contribution in [0.5, 0.6) is 17.2 Å². The first-order chi connectivity index (χ1) is 11.9. The van der Waals surface area contributed by atoms with Crippen molar-refractivity contribution in [3.63, 3.8) is 0 Å². The van der Waals surface area contributed by atoms with E-state index in [1.54, 1.807) is 6.92 Å². The number of nitro groups is 2. The summed E-state index contributed by atoms with van der Waals surface area (Å²) in [6, 6.07) is 5.91. The highest BCUT2D eigenvalue weighted by molar-refractivity contribution is 6.32. The molecule has 0 heterocycles. The van der Waals surface area contributed by atoms with E-state index >= 15 is 0 Å². The van der Waals surface area contributed by atoms with Crippen LogP contribution in [0.4, 0.5) is 11.4 Å². The first kappa shape index (κ1) is 18.4. The van der Waals surface area contributed by atoms with E-state index in [-0.39, 0.29) is 35.5 Å². The minimum atomic E-state index is -0.793. The maximum Gasteiger partial charge on any atom is 0.318 e. The Labute approximate surface area is 146 Å². The quantitative estimate of drug-likeness (QED) is 0.581. The fraction of sp³-hybridized carbons (Fsp3) is 0.200. The molecule has 0 fully saturated rings. The number of nitro benzene ring substituents is 2. The number of benzene rings is 2. The highest BCUT2D eigenvalue weighted by Crippen LogP contribution is 2.42. The van der Waals surface area contributed by atoms with E-state index in [1.165, 1.54) is 12.1 Å². The molecule has 10 heteroatoms. The summed E-state index contributed by atoms with van der Waals surface area (Å²) in [5.74, 6) is -0.0282. The number of hydrogen-bond donors (Lipinski definition) is 1. The van der Waals surface area contributed by atoms with E-state index in [9.17, 15) is 25.3 Å². The molecule has 25 heavy (non-hydrogen) atoms. The van der Waals surface area contributed by atoms with Crippen molar-refractivity contribution in [3.8, 4) is 17.2 Å². The Morgan fingerprint density at radius 1 is 1.12 bits per heavy atom. The molecule has 132 valence electrons. The van der Waals surface area contributed by atoms with Crippen LogP contribution in [0.25, 0.3) is 0 Å². The topological polar surface area (TPSA) is 125 Å². The van der Waals surface area contributed by atoms with Gasteiger partial charge in [-0.15, -0.1) is 0 Å². The van der Waals surface area contributed by atoms with Crippen LogP contribution in [0, 0.1) is 20.2 Å². The van der Waals surface area contributed by atoms with Crippen LogP contribution in [-0.4, -0.2) is 21.6 Å². The molecular formula is C15H13ClN2O7. The Hall–Kier alpha value is -2.91. The Morgan fingerprint density at radius 3 is 2.40 bits per heavy atom. The predicted octanol–water partition coefficient (Wildman–Crippen LogP) is 3.84. The third kappa shape index (κ3) is 4.14. The van der Waals surface area contributed by atoms with Gasteiger partial charge in [-0.25, -0.2) is 0 Å².